The molecule has 0 aliphatic rings. The molecule has 0 radical (unpaired) electrons. The molecule has 11 heteroatoms. The Morgan fingerprint density at radius 2 is 2.00 bits per heavy atom. The first-order chi connectivity index (χ1) is 16.2. The van der Waals surface area contributed by atoms with E-state index in [2.05, 4.69) is 15.4 Å². The van der Waals surface area contributed by atoms with Crippen LogP contribution in [0.5, 0.6) is 0 Å². The van der Waals surface area contributed by atoms with Gasteiger partial charge in [0.15, 0.2) is 0 Å². The molecule has 1 amide bonds. The number of nitrogen functional groups attached to an aromatic ring is 1. The summed E-state index contributed by atoms with van der Waals surface area (Å²) in [5.74, 6) is -2.29. The molecule has 0 saturated carbocycles. The third-order valence-corrected chi connectivity index (χ3v) is 6.88. The van der Waals surface area contributed by atoms with Gasteiger partial charge in [0.25, 0.3) is 5.91 Å². The Hall–Kier alpha value is -3.34. The highest BCUT2D eigenvalue weighted by Crippen LogP contribution is 2.35. The van der Waals surface area contributed by atoms with Crippen molar-refractivity contribution in [2.45, 2.75) is 25.1 Å². The number of halogens is 3. The number of hydrogen-bond acceptors (Lipinski definition) is 6. The van der Waals surface area contributed by atoms with Gasteiger partial charge in [-0.3, -0.25) is 4.79 Å². The first-order valence-electron chi connectivity index (χ1n) is 10.1. The van der Waals surface area contributed by atoms with Crippen LogP contribution in [0.2, 0.25) is 5.02 Å². The Kier molecular flexibility index (Phi) is 6.65. The maximum atomic E-state index is 14.7. The van der Waals surface area contributed by atoms with Gasteiger partial charge < -0.3 is 16.2 Å². The van der Waals surface area contributed by atoms with Crippen LogP contribution in [0, 0.1) is 11.6 Å². The maximum absolute atomic E-state index is 14.7. The third kappa shape index (κ3) is 4.79. The summed E-state index contributed by atoms with van der Waals surface area (Å²) in [6, 6.07) is 10.6. The average molecular weight is 504 g/mol. The number of aliphatic hydroxyl groups is 1. The number of nitrogens with one attached hydrogen (secondary N) is 1. The van der Waals surface area contributed by atoms with Crippen molar-refractivity contribution < 1.29 is 18.7 Å². The summed E-state index contributed by atoms with van der Waals surface area (Å²) in [5, 5.41) is 18.8. The molecule has 4 N–H and O–H groups in total. The van der Waals surface area contributed by atoms with Crippen molar-refractivity contribution in [1.29, 1.82) is 0 Å². The molecule has 4 aromatic rings. The van der Waals surface area contributed by atoms with E-state index in [0.717, 1.165) is 22.6 Å². The van der Waals surface area contributed by atoms with Gasteiger partial charge in [-0.1, -0.05) is 29.8 Å². The van der Waals surface area contributed by atoms with Crippen molar-refractivity contribution in [3.8, 4) is 10.4 Å². The fourth-order valence-electron chi connectivity index (χ4n) is 3.58. The predicted octanol–water partition coefficient (Wildman–Crippen LogP) is 4.23. The summed E-state index contributed by atoms with van der Waals surface area (Å²) in [6.07, 6.45) is 2.60. The van der Waals surface area contributed by atoms with Crippen molar-refractivity contribution in [2.75, 3.05) is 5.73 Å². The molecule has 0 spiro atoms. The van der Waals surface area contributed by atoms with E-state index < -0.39 is 29.2 Å². The minimum Gasteiger partial charge on any atom is -0.397 e. The molecule has 0 unspecified atom stereocenters. The minimum absolute atomic E-state index is 0.196. The number of rotatable bonds is 7. The molecule has 0 aliphatic carbocycles. The highest BCUT2D eigenvalue weighted by molar-refractivity contribution is 7.18. The van der Waals surface area contributed by atoms with Gasteiger partial charge in [-0.25, -0.2) is 18.4 Å². The maximum Gasteiger partial charge on any atom is 0.263 e. The van der Waals surface area contributed by atoms with Crippen molar-refractivity contribution in [2.24, 2.45) is 0 Å². The van der Waals surface area contributed by atoms with E-state index in [1.807, 2.05) is 12.1 Å². The smallest absolute Gasteiger partial charge is 0.263 e. The van der Waals surface area contributed by atoms with Crippen LogP contribution >= 0.6 is 22.9 Å². The number of anilines is 1. The molecule has 4 rings (SSSR count). The number of thiophene rings is 1. The molecular formula is C23H20ClF2N5O2S. The van der Waals surface area contributed by atoms with E-state index in [-0.39, 0.29) is 22.7 Å². The van der Waals surface area contributed by atoms with Crippen molar-refractivity contribution in [3.63, 3.8) is 0 Å². The highest BCUT2D eigenvalue weighted by atomic mass is 35.5. The van der Waals surface area contributed by atoms with Gasteiger partial charge in [-0.05, 0) is 36.8 Å². The molecule has 7 nitrogen and oxygen atoms in total. The van der Waals surface area contributed by atoms with E-state index >= 15 is 0 Å². The standard InChI is InChI=1S/C23H20ClF2N5O2S/c1-13(23(33,10-31-12-28-11-29-31)17-7-6-16(25)8-18(17)26)30-22(32)21-19(27)9-20(34-21)14-2-4-15(24)5-3-14/h2-9,11-13,33H,10,27H2,1H3,(H,30,32)/t13-,23+/m0/s1. The summed E-state index contributed by atoms with van der Waals surface area (Å²) >= 11 is 7.11. The second-order valence-electron chi connectivity index (χ2n) is 7.74. The first kappa shape index (κ1) is 23.8. The van der Waals surface area contributed by atoms with Crippen LogP contribution in [0.1, 0.15) is 22.2 Å². The molecule has 2 aromatic heterocycles. The van der Waals surface area contributed by atoms with E-state index in [0.29, 0.717) is 11.1 Å². The Balaban J connectivity index is 1.63. The number of nitrogens with two attached hydrogens (primary N) is 1. The Morgan fingerprint density at radius 3 is 2.65 bits per heavy atom. The van der Waals surface area contributed by atoms with Crippen LogP contribution < -0.4 is 11.1 Å². The summed E-state index contributed by atoms with van der Waals surface area (Å²) < 4.78 is 29.5. The number of nitrogens with zero attached hydrogens (tertiary/aromatic N) is 3. The van der Waals surface area contributed by atoms with Crippen molar-refractivity contribution >= 4 is 34.5 Å². The molecule has 34 heavy (non-hydrogen) atoms. The molecule has 0 fully saturated rings. The Morgan fingerprint density at radius 1 is 1.26 bits per heavy atom. The molecule has 176 valence electrons. The summed E-state index contributed by atoms with van der Waals surface area (Å²) in [7, 11) is 0. The number of benzene rings is 2. The number of aromatic nitrogens is 3. The van der Waals surface area contributed by atoms with E-state index in [1.54, 1.807) is 18.2 Å². The quantitative estimate of drug-likeness (QED) is 0.350. The number of carbonyl (C=O) groups is 1. The molecule has 0 saturated heterocycles. The lowest BCUT2D eigenvalue weighted by molar-refractivity contribution is -0.0185. The second kappa shape index (κ2) is 9.49. The molecule has 0 aliphatic heterocycles. The largest absolute Gasteiger partial charge is 0.397 e. The van der Waals surface area contributed by atoms with Crippen molar-refractivity contribution in [3.05, 3.63) is 88.3 Å². The monoisotopic (exact) mass is 503 g/mol. The van der Waals surface area contributed by atoms with Gasteiger partial charge in [-0.2, -0.15) is 5.10 Å². The predicted molar refractivity (Wildman–Crippen MR) is 126 cm³/mol. The molecular weight excluding hydrogens is 484 g/mol. The first-order valence-corrected chi connectivity index (χ1v) is 11.3. The zero-order valence-corrected chi connectivity index (χ0v) is 19.4. The van der Waals surface area contributed by atoms with Crippen LogP contribution in [-0.4, -0.2) is 31.8 Å². The van der Waals surface area contributed by atoms with Crippen LogP contribution in [0.4, 0.5) is 14.5 Å². The number of amides is 1. The molecule has 2 heterocycles. The fourth-order valence-corrected chi connectivity index (χ4v) is 4.69. The van der Waals surface area contributed by atoms with E-state index in [1.165, 1.54) is 35.6 Å². The lowest BCUT2D eigenvalue weighted by Crippen LogP contribution is -2.51. The Bertz CT molecular complexity index is 1310. The summed E-state index contributed by atoms with van der Waals surface area (Å²) in [6.45, 7) is 1.27. The zero-order valence-electron chi connectivity index (χ0n) is 17.9. The van der Waals surface area contributed by atoms with Crippen LogP contribution in [0.15, 0.2) is 61.2 Å². The normalized spacial score (nSPS) is 13.9. The SMILES string of the molecule is C[C@H](NC(=O)c1sc(-c2ccc(Cl)cc2)cc1N)[C@](O)(Cn1cncn1)c1ccc(F)cc1F. The minimum atomic E-state index is -1.98. The zero-order chi connectivity index (χ0) is 24.5. The lowest BCUT2D eigenvalue weighted by atomic mass is 9.86. The molecule has 0 bridgehead atoms. The van der Waals surface area contributed by atoms with Crippen LogP contribution in [0.25, 0.3) is 10.4 Å². The number of carbonyl (C=O) groups excluding carboxylic acids is 1. The molecule has 2 atom stereocenters. The van der Waals surface area contributed by atoms with Crippen LogP contribution in [0.3, 0.4) is 0 Å². The van der Waals surface area contributed by atoms with Crippen molar-refractivity contribution in [1.82, 2.24) is 20.1 Å². The molecule has 2 aromatic carbocycles. The number of hydrogen-bond donors (Lipinski definition) is 3. The van der Waals surface area contributed by atoms with Gasteiger partial charge >= 0.3 is 0 Å². The second-order valence-corrected chi connectivity index (χ2v) is 9.23. The average Bonchev–Trinajstić information content (AvgIpc) is 3.43. The van der Waals surface area contributed by atoms with Crippen LogP contribution in [-0.2, 0) is 12.1 Å². The third-order valence-electron chi connectivity index (χ3n) is 5.43. The fraction of sp³-hybridized carbons (Fsp3) is 0.174. The Labute approximate surface area is 202 Å². The van der Waals surface area contributed by atoms with Gasteiger partial charge in [0.1, 0.15) is 34.8 Å². The summed E-state index contributed by atoms with van der Waals surface area (Å²) in [4.78, 5) is 17.9. The van der Waals surface area contributed by atoms with Gasteiger partial charge in [0.05, 0.1) is 18.3 Å². The van der Waals surface area contributed by atoms with E-state index in [4.69, 9.17) is 17.3 Å². The highest BCUT2D eigenvalue weighted by Gasteiger charge is 2.40. The lowest BCUT2D eigenvalue weighted by Gasteiger charge is -2.35. The van der Waals surface area contributed by atoms with Gasteiger partial charge in [-0.15, -0.1) is 11.3 Å². The van der Waals surface area contributed by atoms with Gasteiger partial charge in [0, 0.05) is 21.5 Å². The van der Waals surface area contributed by atoms with Gasteiger partial charge in [0.2, 0.25) is 0 Å². The van der Waals surface area contributed by atoms with E-state index in [9.17, 15) is 18.7 Å². The summed E-state index contributed by atoms with van der Waals surface area (Å²) in [5.41, 5.74) is 5.01. The topological polar surface area (TPSA) is 106 Å².